The summed E-state index contributed by atoms with van der Waals surface area (Å²) < 4.78 is 7.20. The van der Waals surface area contributed by atoms with E-state index >= 15 is 0 Å². The molecule has 3 N–H and O–H groups in total. The molecule has 2 aromatic carbocycles. The van der Waals surface area contributed by atoms with Gasteiger partial charge in [-0.15, -0.1) is 5.10 Å². The quantitative estimate of drug-likeness (QED) is 0.387. The van der Waals surface area contributed by atoms with E-state index in [1.807, 2.05) is 31.2 Å². The highest BCUT2D eigenvalue weighted by atomic mass is 32.2. The number of hydrogen-bond acceptors (Lipinski definition) is 7. The molecular formula is C19H19N7O3S. The number of aromatic nitrogens is 6. The van der Waals surface area contributed by atoms with Crippen molar-refractivity contribution in [2.75, 3.05) is 11.9 Å². The van der Waals surface area contributed by atoms with Gasteiger partial charge in [0.05, 0.1) is 22.9 Å². The molecule has 0 radical (unpaired) electrons. The summed E-state index contributed by atoms with van der Waals surface area (Å²) in [7, 11) is 0. The number of thioether (sulfide) groups is 1. The molecule has 2 heterocycles. The monoisotopic (exact) mass is 425 g/mol. The topological polar surface area (TPSA) is 131 Å². The lowest BCUT2D eigenvalue weighted by Gasteiger charge is -2.13. The van der Waals surface area contributed by atoms with Gasteiger partial charge in [0, 0.05) is 5.69 Å². The second-order valence-corrected chi connectivity index (χ2v) is 7.67. The SMILES string of the molecule is CCOc1ccccc1-n1nnnc1SC(C)C(=O)Nc1ccc2[nH]c(=O)[nH]c2c1. The molecule has 0 saturated heterocycles. The van der Waals surface area contributed by atoms with Crippen molar-refractivity contribution in [3.05, 3.63) is 52.9 Å². The summed E-state index contributed by atoms with van der Waals surface area (Å²) in [6.45, 7) is 4.18. The van der Waals surface area contributed by atoms with E-state index in [1.54, 1.807) is 29.8 Å². The number of tetrazole rings is 1. The van der Waals surface area contributed by atoms with Gasteiger partial charge < -0.3 is 20.0 Å². The van der Waals surface area contributed by atoms with Crippen LogP contribution in [0.3, 0.4) is 0 Å². The summed E-state index contributed by atoms with van der Waals surface area (Å²) in [5.74, 6) is 0.435. The Labute approximate surface area is 175 Å². The fourth-order valence-corrected chi connectivity index (χ4v) is 3.68. The number of anilines is 1. The Hall–Kier alpha value is -3.60. The molecule has 30 heavy (non-hydrogen) atoms. The Balaban J connectivity index is 1.50. The number of amides is 1. The largest absolute Gasteiger partial charge is 0.492 e. The van der Waals surface area contributed by atoms with E-state index in [4.69, 9.17) is 4.74 Å². The van der Waals surface area contributed by atoms with Gasteiger partial charge in [0.2, 0.25) is 11.1 Å². The minimum atomic E-state index is -0.477. The van der Waals surface area contributed by atoms with Crippen LogP contribution in [-0.2, 0) is 4.79 Å². The standard InChI is InChI=1S/C19H19N7O3S/c1-3-29-16-7-5-4-6-15(16)26-19(23-24-25-26)30-11(2)17(27)20-12-8-9-13-14(10-12)22-18(28)21-13/h4-11H,3H2,1-2H3,(H,20,27)(H2,21,22,28). The van der Waals surface area contributed by atoms with Gasteiger partial charge in [-0.1, -0.05) is 23.9 Å². The van der Waals surface area contributed by atoms with Crippen molar-refractivity contribution in [1.82, 2.24) is 30.2 Å². The van der Waals surface area contributed by atoms with Crippen molar-refractivity contribution in [2.24, 2.45) is 0 Å². The Morgan fingerprint density at radius 2 is 2.03 bits per heavy atom. The number of para-hydroxylation sites is 2. The molecule has 0 bridgehead atoms. The maximum atomic E-state index is 12.7. The van der Waals surface area contributed by atoms with Crippen LogP contribution in [0.5, 0.6) is 5.75 Å². The molecule has 0 aliphatic rings. The van der Waals surface area contributed by atoms with E-state index in [2.05, 4.69) is 30.8 Å². The second kappa shape index (κ2) is 8.41. The minimum absolute atomic E-state index is 0.218. The maximum absolute atomic E-state index is 12.7. The van der Waals surface area contributed by atoms with Gasteiger partial charge in [-0.05, 0) is 54.6 Å². The Morgan fingerprint density at radius 1 is 1.23 bits per heavy atom. The average molecular weight is 425 g/mol. The van der Waals surface area contributed by atoms with Crippen molar-refractivity contribution >= 4 is 34.4 Å². The van der Waals surface area contributed by atoms with Gasteiger partial charge in [-0.3, -0.25) is 4.79 Å². The van der Waals surface area contributed by atoms with Crippen LogP contribution in [0.25, 0.3) is 16.7 Å². The predicted octanol–water partition coefficient (Wildman–Crippen LogP) is 2.35. The van der Waals surface area contributed by atoms with Crippen LogP contribution >= 0.6 is 11.8 Å². The van der Waals surface area contributed by atoms with Crippen LogP contribution in [0.4, 0.5) is 5.69 Å². The maximum Gasteiger partial charge on any atom is 0.323 e. The van der Waals surface area contributed by atoms with Crippen LogP contribution in [0.2, 0.25) is 0 Å². The molecule has 0 aliphatic carbocycles. The van der Waals surface area contributed by atoms with E-state index in [-0.39, 0.29) is 11.6 Å². The van der Waals surface area contributed by atoms with Crippen LogP contribution < -0.4 is 15.7 Å². The number of ether oxygens (including phenoxy) is 1. The lowest BCUT2D eigenvalue weighted by molar-refractivity contribution is -0.115. The Bertz CT molecular complexity index is 1250. The zero-order valence-corrected chi connectivity index (χ0v) is 17.1. The zero-order valence-electron chi connectivity index (χ0n) is 16.2. The molecule has 154 valence electrons. The number of fused-ring (bicyclic) bond motifs is 1. The molecule has 2 aromatic heterocycles. The first-order valence-corrected chi connectivity index (χ1v) is 10.1. The van der Waals surface area contributed by atoms with Crippen LogP contribution in [-0.4, -0.2) is 47.9 Å². The third-order valence-corrected chi connectivity index (χ3v) is 5.30. The summed E-state index contributed by atoms with van der Waals surface area (Å²) in [6.07, 6.45) is 0. The second-order valence-electron chi connectivity index (χ2n) is 6.36. The van der Waals surface area contributed by atoms with Crippen molar-refractivity contribution in [3.8, 4) is 11.4 Å². The van der Waals surface area contributed by atoms with E-state index in [9.17, 15) is 9.59 Å². The fourth-order valence-electron chi connectivity index (χ4n) is 2.88. The molecule has 4 rings (SSSR count). The molecule has 4 aromatic rings. The number of benzene rings is 2. The number of nitrogens with zero attached hydrogens (tertiary/aromatic N) is 4. The van der Waals surface area contributed by atoms with Gasteiger partial charge in [0.25, 0.3) is 0 Å². The molecule has 0 aliphatic heterocycles. The molecule has 1 atom stereocenters. The smallest absolute Gasteiger partial charge is 0.323 e. The first-order valence-electron chi connectivity index (χ1n) is 9.25. The molecule has 11 heteroatoms. The van der Waals surface area contributed by atoms with E-state index in [0.29, 0.717) is 39.9 Å². The number of hydrogen-bond donors (Lipinski definition) is 3. The zero-order chi connectivity index (χ0) is 21.1. The number of carbonyl (C=O) groups is 1. The lowest BCUT2D eigenvalue weighted by atomic mass is 10.2. The molecule has 1 amide bonds. The summed E-state index contributed by atoms with van der Waals surface area (Å²) in [4.78, 5) is 29.4. The number of imidazole rings is 1. The Morgan fingerprint density at radius 3 is 2.87 bits per heavy atom. The van der Waals surface area contributed by atoms with Crippen molar-refractivity contribution in [1.29, 1.82) is 0 Å². The third-order valence-electron chi connectivity index (χ3n) is 4.27. The van der Waals surface area contributed by atoms with Crippen LogP contribution in [0.15, 0.2) is 52.4 Å². The molecule has 0 spiro atoms. The normalized spacial score (nSPS) is 12.1. The predicted molar refractivity (Wildman–Crippen MR) is 113 cm³/mol. The number of H-pyrrole nitrogens is 2. The molecular weight excluding hydrogens is 406 g/mol. The van der Waals surface area contributed by atoms with Gasteiger partial charge in [-0.25, -0.2) is 4.79 Å². The summed E-state index contributed by atoms with van der Waals surface area (Å²) >= 11 is 1.23. The molecule has 0 fully saturated rings. The highest BCUT2D eigenvalue weighted by Gasteiger charge is 2.21. The first kappa shape index (κ1) is 19.7. The number of aromatic amines is 2. The van der Waals surface area contributed by atoms with Crippen molar-refractivity contribution < 1.29 is 9.53 Å². The van der Waals surface area contributed by atoms with Gasteiger partial charge in [-0.2, -0.15) is 4.68 Å². The lowest BCUT2D eigenvalue weighted by Crippen LogP contribution is -2.23. The highest BCUT2D eigenvalue weighted by Crippen LogP contribution is 2.28. The Kier molecular flexibility index (Phi) is 5.53. The molecule has 0 saturated carbocycles. The average Bonchev–Trinajstić information content (AvgIpc) is 3.33. The van der Waals surface area contributed by atoms with Crippen LogP contribution in [0.1, 0.15) is 13.8 Å². The van der Waals surface area contributed by atoms with Gasteiger partial charge in [0.15, 0.2) is 0 Å². The number of nitrogens with one attached hydrogen (secondary N) is 3. The highest BCUT2D eigenvalue weighted by molar-refractivity contribution is 8.00. The summed E-state index contributed by atoms with van der Waals surface area (Å²) in [6, 6.07) is 12.6. The third kappa shape index (κ3) is 4.06. The van der Waals surface area contributed by atoms with Crippen molar-refractivity contribution in [2.45, 2.75) is 24.3 Å². The summed E-state index contributed by atoms with van der Waals surface area (Å²) in [5.41, 5.74) is 2.27. The number of rotatable bonds is 7. The van der Waals surface area contributed by atoms with Crippen LogP contribution in [0, 0.1) is 0 Å². The van der Waals surface area contributed by atoms with E-state index in [1.165, 1.54) is 11.8 Å². The number of carbonyl (C=O) groups excluding carboxylic acids is 1. The fraction of sp³-hybridized carbons (Fsp3) is 0.211. The molecule has 10 nitrogen and oxygen atoms in total. The summed E-state index contributed by atoms with van der Waals surface area (Å²) in [5, 5.41) is 14.7. The van der Waals surface area contributed by atoms with Gasteiger partial charge >= 0.3 is 5.69 Å². The van der Waals surface area contributed by atoms with Crippen molar-refractivity contribution in [3.63, 3.8) is 0 Å². The minimum Gasteiger partial charge on any atom is -0.492 e. The van der Waals surface area contributed by atoms with E-state index in [0.717, 1.165) is 0 Å². The molecule has 1 unspecified atom stereocenters. The first-order chi connectivity index (χ1) is 14.5. The van der Waals surface area contributed by atoms with E-state index < -0.39 is 5.25 Å². The van der Waals surface area contributed by atoms with Gasteiger partial charge in [0.1, 0.15) is 11.4 Å².